The van der Waals surface area contributed by atoms with Gasteiger partial charge >= 0.3 is 0 Å². The molecule has 5 nitrogen and oxygen atoms in total. The number of phenolic OH excluding ortho intramolecular Hbond substituents is 1. The maximum absolute atomic E-state index is 12.3. The largest absolute Gasteiger partial charge is 0.507 e. The summed E-state index contributed by atoms with van der Waals surface area (Å²) in [5, 5.41) is 12.6. The molecule has 2 rings (SSSR count). The van der Waals surface area contributed by atoms with Crippen LogP contribution in [-0.4, -0.2) is 41.0 Å². The molecule has 6 heteroatoms. The van der Waals surface area contributed by atoms with Crippen molar-refractivity contribution >= 4 is 34.4 Å². The summed E-state index contributed by atoms with van der Waals surface area (Å²) in [5.41, 5.74) is 0.315. The number of nitrogens with zero attached hydrogens (tertiary/aromatic N) is 1. The number of hydrogen-bond donors (Lipinski definition) is 2. The first-order valence-corrected chi connectivity index (χ1v) is 7.10. The van der Waals surface area contributed by atoms with E-state index in [9.17, 15) is 14.7 Å². The summed E-state index contributed by atoms with van der Waals surface area (Å²) in [6.45, 7) is 2.55. The van der Waals surface area contributed by atoms with Crippen molar-refractivity contribution in [2.24, 2.45) is 0 Å². The lowest BCUT2D eigenvalue weighted by molar-refractivity contribution is -0.119. The molecule has 1 heterocycles. The van der Waals surface area contributed by atoms with Crippen LogP contribution in [0.4, 0.5) is 0 Å². The van der Waals surface area contributed by atoms with Gasteiger partial charge in [0.05, 0.1) is 5.56 Å². The molecule has 1 aliphatic rings. The van der Waals surface area contributed by atoms with Crippen LogP contribution in [0.5, 0.6) is 5.75 Å². The molecule has 0 radical (unpaired) electrons. The molecule has 0 spiro atoms. The minimum absolute atomic E-state index is 0.00590. The molecule has 1 saturated heterocycles. The number of benzene rings is 1. The molecular weight excluding hydrogens is 359 g/mol. The van der Waals surface area contributed by atoms with E-state index in [1.54, 1.807) is 17.0 Å². The molecule has 0 aliphatic carbocycles. The number of carbonyl (C=O) groups is 2. The Hall–Kier alpha value is -1.31. The molecule has 1 aliphatic heterocycles. The number of likely N-dealkylation sites (tertiary alicyclic amines) is 1. The second-order valence-corrected chi connectivity index (χ2v) is 5.84. The van der Waals surface area contributed by atoms with E-state index in [2.05, 4.69) is 27.9 Å². The zero-order chi connectivity index (χ0) is 14.0. The maximum Gasteiger partial charge on any atom is 0.257 e. The Morgan fingerprint density at radius 2 is 2.21 bits per heavy atom. The minimum atomic E-state index is -0.191. The summed E-state index contributed by atoms with van der Waals surface area (Å²) in [4.78, 5) is 24.9. The van der Waals surface area contributed by atoms with Crippen LogP contribution in [0.3, 0.4) is 0 Å². The smallest absolute Gasteiger partial charge is 0.257 e. The van der Waals surface area contributed by atoms with Gasteiger partial charge in [-0.15, -0.1) is 0 Å². The number of halogens is 1. The Bertz CT molecular complexity index is 519. The van der Waals surface area contributed by atoms with Gasteiger partial charge in [-0.25, -0.2) is 0 Å². The summed E-state index contributed by atoms with van der Waals surface area (Å²) >= 11 is 2.10. The number of amides is 2. The van der Waals surface area contributed by atoms with Crippen LogP contribution in [0.1, 0.15) is 23.7 Å². The lowest BCUT2D eigenvalue weighted by Gasteiger charge is -2.17. The molecule has 1 aromatic carbocycles. The van der Waals surface area contributed by atoms with Gasteiger partial charge in [-0.3, -0.25) is 9.59 Å². The van der Waals surface area contributed by atoms with Gasteiger partial charge in [0.15, 0.2) is 0 Å². The average Bonchev–Trinajstić information content (AvgIpc) is 2.79. The van der Waals surface area contributed by atoms with Gasteiger partial charge in [0.2, 0.25) is 5.91 Å². The van der Waals surface area contributed by atoms with E-state index in [-0.39, 0.29) is 23.6 Å². The molecule has 0 saturated carbocycles. The van der Waals surface area contributed by atoms with E-state index in [1.807, 2.05) is 0 Å². The lowest BCUT2D eigenvalue weighted by Crippen LogP contribution is -2.37. The number of nitrogens with one attached hydrogen (secondary N) is 1. The standard InChI is InChI=1S/C13H15IN2O3/c1-8(17)15-10-4-5-16(7-10)13(19)11-6-9(14)2-3-12(11)18/h2-3,6,10,18H,4-5,7H2,1H3,(H,15,17). The van der Waals surface area contributed by atoms with Gasteiger partial charge in [0.1, 0.15) is 5.75 Å². The second kappa shape index (κ2) is 5.77. The number of phenols is 1. The predicted octanol–water partition coefficient (Wildman–Crippen LogP) is 1.35. The highest BCUT2D eigenvalue weighted by Gasteiger charge is 2.28. The number of aromatic hydroxyl groups is 1. The molecule has 19 heavy (non-hydrogen) atoms. The first-order valence-electron chi connectivity index (χ1n) is 6.02. The second-order valence-electron chi connectivity index (χ2n) is 4.60. The van der Waals surface area contributed by atoms with Gasteiger partial charge in [-0.2, -0.15) is 0 Å². The lowest BCUT2D eigenvalue weighted by atomic mass is 10.2. The number of carbonyl (C=O) groups excluding carboxylic acids is 2. The van der Waals surface area contributed by atoms with Crippen LogP contribution in [-0.2, 0) is 4.79 Å². The van der Waals surface area contributed by atoms with Crippen molar-refractivity contribution in [3.63, 3.8) is 0 Å². The molecule has 102 valence electrons. The third kappa shape index (κ3) is 3.37. The van der Waals surface area contributed by atoms with Crippen LogP contribution in [0.15, 0.2) is 18.2 Å². The molecular formula is C13H15IN2O3. The van der Waals surface area contributed by atoms with Crippen molar-refractivity contribution in [3.05, 3.63) is 27.3 Å². The van der Waals surface area contributed by atoms with Crippen molar-refractivity contribution in [2.75, 3.05) is 13.1 Å². The van der Waals surface area contributed by atoms with E-state index in [1.165, 1.54) is 13.0 Å². The summed E-state index contributed by atoms with van der Waals surface area (Å²) in [6.07, 6.45) is 0.746. The highest BCUT2D eigenvalue weighted by molar-refractivity contribution is 14.1. The van der Waals surface area contributed by atoms with Crippen molar-refractivity contribution in [1.82, 2.24) is 10.2 Å². The van der Waals surface area contributed by atoms with Gasteiger partial charge in [0, 0.05) is 29.6 Å². The van der Waals surface area contributed by atoms with Crippen LogP contribution in [0, 0.1) is 3.57 Å². The third-order valence-corrected chi connectivity index (χ3v) is 3.74. The van der Waals surface area contributed by atoms with Crippen LogP contribution in [0.2, 0.25) is 0 Å². The predicted molar refractivity (Wildman–Crippen MR) is 78.9 cm³/mol. The van der Waals surface area contributed by atoms with Crippen LogP contribution in [0.25, 0.3) is 0 Å². The van der Waals surface area contributed by atoms with E-state index >= 15 is 0 Å². The molecule has 2 N–H and O–H groups in total. The fourth-order valence-corrected chi connectivity index (χ4v) is 2.69. The van der Waals surface area contributed by atoms with E-state index < -0.39 is 0 Å². The fraction of sp³-hybridized carbons (Fsp3) is 0.385. The summed E-state index contributed by atoms with van der Waals surface area (Å²) in [7, 11) is 0. The number of hydrogen-bond acceptors (Lipinski definition) is 3. The highest BCUT2D eigenvalue weighted by atomic mass is 127. The first kappa shape index (κ1) is 14.1. The molecule has 1 unspecified atom stereocenters. The van der Waals surface area contributed by atoms with Crippen LogP contribution < -0.4 is 5.32 Å². The van der Waals surface area contributed by atoms with Crippen molar-refractivity contribution < 1.29 is 14.7 Å². The fourth-order valence-electron chi connectivity index (χ4n) is 2.20. The zero-order valence-electron chi connectivity index (χ0n) is 10.5. The summed E-state index contributed by atoms with van der Waals surface area (Å²) in [6, 6.07) is 4.95. The topological polar surface area (TPSA) is 69.6 Å². The Kier molecular flexibility index (Phi) is 4.28. The molecule has 1 aromatic rings. The Morgan fingerprint density at radius 1 is 1.47 bits per heavy atom. The molecule has 1 fully saturated rings. The van der Waals surface area contributed by atoms with E-state index in [4.69, 9.17) is 0 Å². The third-order valence-electron chi connectivity index (χ3n) is 3.07. The van der Waals surface area contributed by atoms with Gasteiger partial charge in [-0.05, 0) is 47.2 Å². The Labute approximate surface area is 125 Å². The monoisotopic (exact) mass is 374 g/mol. The van der Waals surface area contributed by atoms with E-state index in [0.717, 1.165) is 9.99 Å². The SMILES string of the molecule is CC(=O)NC1CCN(C(=O)c2cc(I)ccc2O)C1. The maximum atomic E-state index is 12.3. The molecule has 2 amide bonds. The van der Waals surface area contributed by atoms with Crippen molar-refractivity contribution in [2.45, 2.75) is 19.4 Å². The highest BCUT2D eigenvalue weighted by Crippen LogP contribution is 2.23. The van der Waals surface area contributed by atoms with Crippen LogP contribution >= 0.6 is 22.6 Å². The van der Waals surface area contributed by atoms with Crippen molar-refractivity contribution in [3.8, 4) is 5.75 Å². The first-order chi connectivity index (χ1) is 8.97. The van der Waals surface area contributed by atoms with Gasteiger partial charge < -0.3 is 15.3 Å². The number of rotatable bonds is 2. The molecule has 0 aromatic heterocycles. The summed E-state index contributed by atoms with van der Waals surface area (Å²) < 4.78 is 0.899. The van der Waals surface area contributed by atoms with Crippen molar-refractivity contribution in [1.29, 1.82) is 0 Å². The molecule has 0 bridgehead atoms. The van der Waals surface area contributed by atoms with Gasteiger partial charge in [-0.1, -0.05) is 0 Å². The zero-order valence-corrected chi connectivity index (χ0v) is 12.7. The minimum Gasteiger partial charge on any atom is -0.507 e. The summed E-state index contributed by atoms with van der Waals surface area (Å²) in [5.74, 6) is -0.284. The Balaban J connectivity index is 2.09. The Morgan fingerprint density at radius 3 is 2.89 bits per heavy atom. The van der Waals surface area contributed by atoms with Gasteiger partial charge in [0.25, 0.3) is 5.91 Å². The van der Waals surface area contributed by atoms with E-state index in [0.29, 0.717) is 18.7 Å². The molecule has 1 atom stereocenters. The normalized spacial score (nSPS) is 18.4. The quantitative estimate of drug-likeness (QED) is 0.768. The average molecular weight is 374 g/mol.